The van der Waals surface area contributed by atoms with Crippen molar-refractivity contribution < 1.29 is 18.7 Å². The first-order chi connectivity index (χ1) is 16.1. The number of aromatic nitrogens is 2. The lowest BCUT2D eigenvalue weighted by Crippen LogP contribution is -2.12. The van der Waals surface area contributed by atoms with E-state index in [1.807, 2.05) is 31.2 Å². The van der Waals surface area contributed by atoms with Crippen molar-refractivity contribution in [1.82, 2.24) is 10.2 Å². The number of rotatable bonds is 4. The van der Waals surface area contributed by atoms with Crippen LogP contribution in [0.2, 0.25) is 5.02 Å². The van der Waals surface area contributed by atoms with Crippen LogP contribution in [0.15, 0.2) is 65.1 Å². The van der Waals surface area contributed by atoms with Crippen LogP contribution in [0.4, 0.5) is 5.69 Å². The molecule has 33 heavy (non-hydrogen) atoms. The van der Waals surface area contributed by atoms with Gasteiger partial charge in [-0.15, -0.1) is 10.2 Å². The van der Waals surface area contributed by atoms with Gasteiger partial charge in [-0.05, 0) is 43.3 Å². The second-order valence-corrected chi connectivity index (χ2v) is 8.05. The second kappa shape index (κ2) is 8.96. The van der Waals surface area contributed by atoms with Crippen molar-refractivity contribution in [2.75, 3.05) is 18.5 Å². The SMILES string of the molecule is Cc1ccc(-c2nnc(-c3ccc(C(=O)Nc4cc5c(cc4Cl)OCCCO5)cc3)o2)cc1. The first-order valence-electron chi connectivity index (χ1n) is 10.5. The molecule has 3 aromatic carbocycles. The number of fused-ring (bicyclic) bond motifs is 1. The number of anilines is 1. The molecular formula is C25H20ClN3O4. The van der Waals surface area contributed by atoms with Crippen molar-refractivity contribution in [3.05, 3.63) is 76.8 Å². The van der Waals surface area contributed by atoms with E-state index in [1.54, 1.807) is 36.4 Å². The third-order valence-electron chi connectivity index (χ3n) is 5.20. The van der Waals surface area contributed by atoms with Gasteiger partial charge >= 0.3 is 0 Å². The number of carbonyl (C=O) groups is 1. The van der Waals surface area contributed by atoms with Gasteiger partial charge in [0.1, 0.15) is 0 Å². The van der Waals surface area contributed by atoms with Gasteiger partial charge in [0.2, 0.25) is 11.8 Å². The Labute approximate surface area is 195 Å². The zero-order chi connectivity index (χ0) is 22.8. The van der Waals surface area contributed by atoms with E-state index in [2.05, 4.69) is 15.5 Å². The van der Waals surface area contributed by atoms with Gasteiger partial charge in [-0.25, -0.2) is 0 Å². The molecule has 1 amide bonds. The minimum Gasteiger partial charge on any atom is -0.490 e. The Hall–Kier alpha value is -3.84. The standard InChI is InChI=1S/C25H20ClN3O4/c1-15-3-5-17(6-4-15)24-28-29-25(33-24)18-9-7-16(8-10-18)23(30)27-20-14-22-21(13-19(20)26)31-11-2-12-32-22/h3-10,13-14H,2,11-12H2,1H3,(H,27,30). The predicted octanol–water partition coefficient (Wildman–Crippen LogP) is 5.78. The molecule has 0 atom stereocenters. The molecule has 0 aliphatic carbocycles. The number of hydrogen-bond acceptors (Lipinski definition) is 6. The Morgan fingerprint density at radius 2 is 1.45 bits per heavy atom. The first-order valence-corrected chi connectivity index (χ1v) is 10.9. The first kappa shape index (κ1) is 21.0. The maximum absolute atomic E-state index is 12.8. The van der Waals surface area contributed by atoms with Gasteiger partial charge in [-0.3, -0.25) is 4.79 Å². The molecule has 8 heteroatoms. The van der Waals surface area contributed by atoms with Crippen LogP contribution in [-0.2, 0) is 0 Å². The summed E-state index contributed by atoms with van der Waals surface area (Å²) in [6.45, 7) is 3.13. The van der Waals surface area contributed by atoms with Crippen molar-refractivity contribution in [2.24, 2.45) is 0 Å². The van der Waals surface area contributed by atoms with Gasteiger partial charge in [0.25, 0.3) is 5.91 Å². The van der Waals surface area contributed by atoms with E-state index in [0.717, 1.165) is 17.5 Å². The number of halogens is 1. The number of nitrogens with one attached hydrogen (secondary N) is 1. The Bertz CT molecular complexity index is 1300. The number of nitrogens with zero attached hydrogens (tertiary/aromatic N) is 2. The van der Waals surface area contributed by atoms with E-state index in [0.29, 0.717) is 58.3 Å². The largest absolute Gasteiger partial charge is 0.490 e. The molecule has 0 radical (unpaired) electrons. The molecule has 0 unspecified atom stereocenters. The number of aryl methyl sites for hydroxylation is 1. The highest BCUT2D eigenvalue weighted by Crippen LogP contribution is 2.38. The summed E-state index contributed by atoms with van der Waals surface area (Å²) in [7, 11) is 0. The van der Waals surface area contributed by atoms with Crippen molar-refractivity contribution in [3.63, 3.8) is 0 Å². The third kappa shape index (κ3) is 4.54. The zero-order valence-electron chi connectivity index (χ0n) is 17.8. The van der Waals surface area contributed by atoms with Gasteiger partial charge in [0.15, 0.2) is 11.5 Å². The zero-order valence-corrected chi connectivity index (χ0v) is 18.6. The maximum Gasteiger partial charge on any atom is 0.255 e. The molecule has 2 heterocycles. The molecule has 0 fully saturated rings. The highest BCUT2D eigenvalue weighted by atomic mass is 35.5. The lowest BCUT2D eigenvalue weighted by molar-refractivity contribution is 0.102. The minimum absolute atomic E-state index is 0.302. The highest BCUT2D eigenvalue weighted by Gasteiger charge is 2.17. The summed E-state index contributed by atoms with van der Waals surface area (Å²) in [5.41, 5.74) is 3.63. The van der Waals surface area contributed by atoms with Crippen LogP contribution < -0.4 is 14.8 Å². The molecule has 1 aliphatic rings. The van der Waals surface area contributed by atoms with Gasteiger partial charge < -0.3 is 19.2 Å². The maximum atomic E-state index is 12.8. The molecule has 0 saturated heterocycles. The molecule has 7 nitrogen and oxygen atoms in total. The summed E-state index contributed by atoms with van der Waals surface area (Å²) < 4.78 is 17.1. The second-order valence-electron chi connectivity index (χ2n) is 7.64. The highest BCUT2D eigenvalue weighted by molar-refractivity contribution is 6.34. The summed E-state index contributed by atoms with van der Waals surface area (Å²) in [5, 5.41) is 11.5. The van der Waals surface area contributed by atoms with E-state index in [-0.39, 0.29) is 5.91 Å². The Balaban J connectivity index is 1.31. The number of hydrogen-bond donors (Lipinski definition) is 1. The normalized spacial score (nSPS) is 12.8. The van der Waals surface area contributed by atoms with Crippen LogP contribution in [0, 0.1) is 6.92 Å². The van der Waals surface area contributed by atoms with Crippen molar-refractivity contribution in [3.8, 4) is 34.4 Å². The van der Waals surface area contributed by atoms with Crippen LogP contribution in [0.1, 0.15) is 22.3 Å². The van der Waals surface area contributed by atoms with E-state index in [4.69, 9.17) is 25.5 Å². The number of carbonyl (C=O) groups excluding carboxylic acids is 1. The fraction of sp³-hybridized carbons (Fsp3) is 0.160. The fourth-order valence-corrected chi connectivity index (χ4v) is 3.59. The van der Waals surface area contributed by atoms with Gasteiger partial charge in [0, 0.05) is 35.2 Å². The van der Waals surface area contributed by atoms with Crippen LogP contribution in [0.3, 0.4) is 0 Å². The predicted molar refractivity (Wildman–Crippen MR) is 125 cm³/mol. The van der Waals surface area contributed by atoms with Crippen LogP contribution >= 0.6 is 11.6 Å². The molecule has 166 valence electrons. The molecule has 1 aliphatic heterocycles. The Kier molecular flexibility index (Phi) is 5.71. The van der Waals surface area contributed by atoms with Crippen LogP contribution in [-0.4, -0.2) is 29.3 Å². The summed E-state index contributed by atoms with van der Waals surface area (Å²) in [6.07, 6.45) is 0.785. The molecule has 0 bridgehead atoms. The minimum atomic E-state index is -0.302. The topological polar surface area (TPSA) is 86.5 Å². The average Bonchev–Trinajstić information content (AvgIpc) is 3.21. The molecule has 5 rings (SSSR count). The molecule has 0 spiro atoms. The van der Waals surface area contributed by atoms with E-state index in [1.165, 1.54) is 0 Å². The van der Waals surface area contributed by atoms with Gasteiger partial charge in [-0.1, -0.05) is 29.3 Å². The van der Waals surface area contributed by atoms with E-state index < -0.39 is 0 Å². The molecule has 0 saturated carbocycles. The Morgan fingerprint density at radius 3 is 2.09 bits per heavy atom. The van der Waals surface area contributed by atoms with Gasteiger partial charge in [0.05, 0.1) is 23.9 Å². The number of amides is 1. The average molecular weight is 462 g/mol. The summed E-state index contributed by atoms with van der Waals surface area (Å²) >= 11 is 6.33. The van der Waals surface area contributed by atoms with E-state index in [9.17, 15) is 4.79 Å². The quantitative estimate of drug-likeness (QED) is 0.414. The summed E-state index contributed by atoms with van der Waals surface area (Å²) in [6, 6.07) is 18.1. The molecule has 1 N–H and O–H groups in total. The lowest BCUT2D eigenvalue weighted by Gasteiger charge is -2.12. The molecular weight excluding hydrogens is 442 g/mol. The smallest absolute Gasteiger partial charge is 0.255 e. The summed E-state index contributed by atoms with van der Waals surface area (Å²) in [5.74, 6) is 1.65. The fourth-order valence-electron chi connectivity index (χ4n) is 3.39. The lowest BCUT2D eigenvalue weighted by atomic mass is 10.1. The van der Waals surface area contributed by atoms with Crippen molar-refractivity contribution in [1.29, 1.82) is 0 Å². The van der Waals surface area contributed by atoms with Crippen molar-refractivity contribution >= 4 is 23.2 Å². The molecule has 1 aromatic heterocycles. The third-order valence-corrected chi connectivity index (χ3v) is 5.52. The number of ether oxygens (including phenoxy) is 2. The number of benzene rings is 3. The van der Waals surface area contributed by atoms with Crippen LogP contribution in [0.5, 0.6) is 11.5 Å². The monoisotopic (exact) mass is 461 g/mol. The summed E-state index contributed by atoms with van der Waals surface area (Å²) in [4.78, 5) is 12.8. The Morgan fingerprint density at radius 1 is 0.879 bits per heavy atom. The van der Waals surface area contributed by atoms with Gasteiger partial charge in [-0.2, -0.15) is 0 Å². The van der Waals surface area contributed by atoms with Crippen LogP contribution in [0.25, 0.3) is 22.9 Å². The van der Waals surface area contributed by atoms with Crippen molar-refractivity contribution in [2.45, 2.75) is 13.3 Å². The van der Waals surface area contributed by atoms with E-state index >= 15 is 0 Å². The molecule has 4 aromatic rings.